The van der Waals surface area contributed by atoms with Gasteiger partial charge in [-0.05, 0) is 70.1 Å². The lowest BCUT2D eigenvalue weighted by Gasteiger charge is -2.13. The zero-order chi connectivity index (χ0) is 25.5. The molecule has 2 aliphatic rings. The first-order valence-corrected chi connectivity index (χ1v) is 13.0. The van der Waals surface area contributed by atoms with Crippen molar-refractivity contribution in [3.8, 4) is 22.3 Å². The van der Waals surface area contributed by atoms with E-state index >= 15 is 0 Å². The fourth-order valence-electron chi connectivity index (χ4n) is 5.94. The second-order valence-electron chi connectivity index (χ2n) is 10.2. The monoisotopic (exact) mass is 490 g/mol. The highest BCUT2D eigenvalue weighted by Gasteiger charge is 2.51. The molecule has 5 nitrogen and oxygen atoms in total. The average molecular weight is 491 g/mol. The molecule has 2 heterocycles. The Morgan fingerprint density at radius 3 is 2.16 bits per heavy atom. The maximum absolute atomic E-state index is 12.5. The van der Waals surface area contributed by atoms with Crippen LogP contribution < -0.4 is 5.73 Å². The lowest BCUT2D eigenvalue weighted by Crippen LogP contribution is -2.23. The average Bonchev–Trinajstić information content (AvgIpc) is 3.68. The van der Waals surface area contributed by atoms with Gasteiger partial charge in [0.2, 0.25) is 0 Å². The van der Waals surface area contributed by atoms with Crippen molar-refractivity contribution in [2.24, 2.45) is 5.73 Å². The van der Waals surface area contributed by atoms with E-state index in [2.05, 4.69) is 29.2 Å². The molecule has 4 atom stereocenters. The molecule has 6 rings (SSSR count). The number of carbonyl (C=O) groups excluding carboxylic acids is 2. The van der Waals surface area contributed by atoms with E-state index in [1.54, 1.807) is 6.07 Å². The van der Waals surface area contributed by atoms with E-state index in [4.69, 9.17) is 5.73 Å². The summed E-state index contributed by atoms with van der Waals surface area (Å²) in [5, 5.41) is 12.6. The third-order valence-electron chi connectivity index (χ3n) is 7.99. The molecule has 0 radical (unpaired) electrons. The number of primary amides is 1. The van der Waals surface area contributed by atoms with Gasteiger partial charge in [-0.15, -0.1) is 0 Å². The molecule has 4 aromatic carbocycles. The number of nitrogens with zero attached hydrogens (tertiary/aromatic N) is 1. The fourth-order valence-corrected chi connectivity index (χ4v) is 5.94. The number of carbonyl (C=O) groups is 2. The molecular formula is C32H30N2O3. The van der Waals surface area contributed by atoms with Crippen molar-refractivity contribution in [3.05, 3.63) is 96.1 Å². The predicted molar refractivity (Wildman–Crippen MR) is 146 cm³/mol. The van der Waals surface area contributed by atoms with Crippen LogP contribution in [0.2, 0.25) is 0 Å². The third kappa shape index (κ3) is 4.45. The van der Waals surface area contributed by atoms with E-state index in [0.29, 0.717) is 17.0 Å². The minimum absolute atomic E-state index is 0.263. The number of aliphatic hydroxyl groups is 1. The summed E-state index contributed by atoms with van der Waals surface area (Å²) < 4.78 is 0. The standard InChI is InChI=1S/C32H30N2O3/c33-32(37)31(36)27-19-25(18-24-6-3-4-7-26(24)27)22-11-9-20(10-12-22)21-13-15-23(16-14-21)30(35)29-28-8-2-1-5-17-34(28)29/h3-4,6-7,9-16,18-19,28-30,35H,1-2,5,8,17H2,(H2,33,37). The molecule has 0 aromatic heterocycles. The number of Topliss-reactive ketones (excluding diaryl/α,β-unsaturated/α-hetero) is 1. The summed E-state index contributed by atoms with van der Waals surface area (Å²) in [6, 6.07) is 28.4. The largest absolute Gasteiger partial charge is 0.387 e. The van der Waals surface area contributed by atoms with E-state index in [1.807, 2.05) is 54.6 Å². The minimum Gasteiger partial charge on any atom is -0.387 e. The number of hydrogen-bond acceptors (Lipinski definition) is 4. The first kappa shape index (κ1) is 23.6. The summed E-state index contributed by atoms with van der Waals surface area (Å²) >= 11 is 0. The molecule has 0 aliphatic carbocycles. The Hall–Kier alpha value is -3.80. The first-order valence-electron chi connectivity index (χ1n) is 13.0. The molecule has 1 amide bonds. The van der Waals surface area contributed by atoms with Gasteiger partial charge in [0.15, 0.2) is 0 Å². The van der Waals surface area contributed by atoms with Crippen LogP contribution in [0.3, 0.4) is 0 Å². The maximum Gasteiger partial charge on any atom is 0.289 e. The summed E-state index contributed by atoms with van der Waals surface area (Å²) in [6.45, 7) is 1.10. The van der Waals surface area contributed by atoms with Gasteiger partial charge in [-0.2, -0.15) is 0 Å². The van der Waals surface area contributed by atoms with E-state index in [-0.39, 0.29) is 6.04 Å². The highest BCUT2D eigenvalue weighted by molar-refractivity contribution is 6.44. The second kappa shape index (κ2) is 9.58. The van der Waals surface area contributed by atoms with Crippen LogP contribution in [0.5, 0.6) is 0 Å². The van der Waals surface area contributed by atoms with Gasteiger partial charge in [0, 0.05) is 11.6 Å². The van der Waals surface area contributed by atoms with Crippen molar-refractivity contribution in [3.63, 3.8) is 0 Å². The Balaban J connectivity index is 1.23. The van der Waals surface area contributed by atoms with Gasteiger partial charge in [-0.1, -0.05) is 85.6 Å². The molecule has 0 spiro atoms. The molecular weight excluding hydrogens is 460 g/mol. The van der Waals surface area contributed by atoms with E-state index in [1.165, 1.54) is 25.7 Å². The second-order valence-corrected chi connectivity index (χ2v) is 10.2. The molecule has 0 saturated carbocycles. The van der Waals surface area contributed by atoms with E-state index in [9.17, 15) is 14.7 Å². The van der Waals surface area contributed by atoms with Crippen molar-refractivity contribution in [1.82, 2.24) is 4.90 Å². The first-order chi connectivity index (χ1) is 18.0. The van der Waals surface area contributed by atoms with Crippen molar-refractivity contribution in [2.75, 3.05) is 6.54 Å². The Bertz CT molecular complexity index is 1460. The summed E-state index contributed by atoms with van der Waals surface area (Å²) in [5.41, 5.74) is 10.6. The number of rotatable bonds is 6. The summed E-state index contributed by atoms with van der Waals surface area (Å²) in [5.74, 6) is -1.64. The lowest BCUT2D eigenvalue weighted by atomic mass is 9.93. The Kier molecular flexibility index (Phi) is 6.11. The third-order valence-corrected chi connectivity index (χ3v) is 7.99. The number of amides is 1. The molecule has 37 heavy (non-hydrogen) atoms. The summed E-state index contributed by atoms with van der Waals surface area (Å²) in [4.78, 5) is 26.6. The smallest absolute Gasteiger partial charge is 0.289 e. The Labute approximate surface area is 216 Å². The van der Waals surface area contributed by atoms with Crippen molar-refractivity contribution in [1.29, 1.82) is 0 Å². The van der Waals surface area contributed by atoms with Crippen molar-refractivity contribution < 1.29 is 14.7 Å². The summed E-state index contributed by atoms with van der Waals surface area (Å²) in [7, 11) is 0. The van der Waals surface area contributed by atoms with Gasteiger partial charge in [-0.25, -0.2) is 0 Å². The zero-order valence-electron chi connectivity index (χ0n) is 20.6. The van der Waals surface area contributed by atoms with Crippen LogP contribution in [0.1, 0.15) is 47.7 Å². The van der Waals surface area contributed by atoms with Gasteiger partial charge in [0.1, 0.15) is 0 Å². The van der Waals surface area contributed by atoms with Gasteiger partial charge < -0.3 is 10.8 Å². The Morgan fingerprint density at radius 1 is 0.811 bits per heavy atom. The topological polar surface area (TPSA) is 83.4 Å². The number of hydrogen-bond donors (Lipinski definition) is 2. The van der Waals surface area contributed by atoms with Crippen LogP contribution in [0.25, 0.3) is 33.0 Å². The van der Waals surface area contributed by atoms with E-state index in [0.717, 1.165) is 39.7 Å². The van der Waals surface area contributed by atoms with Crippen molar-refractivity contribution >= 4 is 22.5 Å². The predicted octanol–water partition coefficient (Wildman–Crippen LogP) is 5.50. The minimum atomic E-state index is -0.959. The quantitative estimate of drug-likeness (QED) is 0.212. The van der Waals surface area contributed by atoms with Crippen LogP contribution in [0.4, 0.5) is 0 Å². The maximum atomic E-state index is 12.5. The van der Waals surface area contributed by atoms with Gasteiger partial charge in [0.05, 0.1) is 12.1 Å². The normalized spacial score (nSPS) is 21.6. The summed E-state index contributed by atoms with van der Waals surface area (Å²) in [6.07, 6.45) is 4.56. The number of benzene rings is 4. The Morgan fingerprint density at radius 2 is 1.46 bits per heavy atom. The molecule has 4 aromatic rings. The fraction of sp³-hybridized carbons (Fsp3) is 0.250. The lowest BCUT2D eigenvalue weighted by molar-refractivity contribution is -0.114. The molecule has 0 bridgehead atoms. The van der Waals surface area contributed by atoms with Crippen LogP contribution >= 0.6 is 0 Å². The molecule has 4 unspecified atom stereocenters. The van der Waals surface area contributed by atoms with Crippen LogP contribution in [0.15, 0.2) is 84.9 Å². The van der Waals surface area contributed by atoms with Gasteiger partial charge in [0.25, 0.3) is 11.7 Å². The highest BCUT2D eigenvalue weighted by Crippen LogP contribution is 2.43. The van der Waals surface area contributed by atoms with E-state index < -0.39 is 17.8 Å². The molecule has 2 fully saturated rings. The van der Waals surface area contributed by atoms with Crippen LogP contribution in [-0.4, -0.2) is 40.3 Å². The zero-order valence-corrected chi connectivity index (χ0v) is 20.6. The van der Waals surface area contributed by atoms with Gasteiger partial charge >= 0.3 is 0 Å². The molecule has 186 valence electrons. The SMILES string of the molecule is NC(=O)C(=O)c1cc(-c2ccc(-c3ccc(C(O)C4C5CCCCCN54)cc3)cc2)cc2ccccc12. The molecule has 2 aliphatic heterocycles. The van der Waals surface area contributed by atoms with Crippen molar-refractivity contribution in [2.45, 2.75) is 43.9 Å². The van der Waals surface area contributed by atoms with Crippen LogP contribution in [-0.2, 0) is 4.79 Å². The van der Waals surface area contributed by atoms with Gasteiger partial charge in [-0.3, -0.25) is 14.5 Å². The number of ketones is 1. The number of nitrogens with two attached hydrogens (primary N) is 1. The molecule has 5 heteroatoms. The number of aliphatic hydroxyl groups excluding tert-OH is 1. The number of fused-ring (bicyclic) bond motifs is 2. The molecule has 2 saturated heterocycles. The molecule has 3 N–H and O–H groups in total. The van der Waals surface area contributed by atoms with Crippen LogP contribution in [0, 0.1) is 0 Å². The highest BCUT2D eigenvalue weighted by atomic mass is 16.3.